The molecule has 16 heteroatoms. The van der Waals surface area contributed by atoms with E-state index in [4.69, 9.17) is 73.3 Å². The lowest BCUT2D eigenvalue weighted by atomic mass is 9.96. The van der Waals surface area contributed by atoms with E-state index in [1.807, 2.05) is 37.3 Å². The molecular weight excluding hydrogens is 941 g/mol. The number of carbonyl (C=O) groups is 2. The molecule has 64 heavy (non-hydrogen) atoms. The molecule has 3 aliphatic rings. The fourth-order valence-corrected chi connectivity index (χ4v) is 8.24. The van der Waals surface area contributed by atoms with Crippen LogP contribution < -0.4 is 38.8 Å². The SMILES string of the molecule is CC(Cl)C[NH2+]CCc1ccc(Cl)cc1.CC1CNCCc2ccc(Cl)cc21.C[C@H]1C[NH2+]CCc2ccc(Cl)cc21.C[C@H]1C[NH2+]CCc2ccc(Cl)cc21.O=C([O-])[C@H](O)[C@@H](O)C(=O)O.[Cl-]. The Labute approximate surface area is 410 Å². The highest BCUT2D eigenvalue weighted by Crippen LogP contribution is 2.27. The molecule has 4 aromatic carbocycles. The van der Waals surface area contributed by atoms with Gasteiger partial charge in [0.15, 0.2) is 6.10 Å². The summed E-state index contributed by atoms with van der Waals surface area (Å²) in [6.45, 7) is 17.8. The number of aliphatic hydroxyl groups is 2. The number of benzene rings is 4. The summed E-state index contributed by atoms with van der Waals surface area (Å²) >= 11 is 29.6. The van der Waals surface area contributed by atoms with Gasteiger partial charge in [0.05, 0.1) is 50.6 Å². The predicted octanol–water partition coefficient (Wildman–Crippen LogP) is 1.34. The van der Waals surface area contributed by atoms with E-state index >= 15 is 0 Å². The molecule has 3 heterocycles. The van der Waals surface area contributed by atoms with Crippen LogP contribution in [-0.2, 0) is 35.3 Å². The summed E-state index contributed by atoms with van der Waals surface area (Å²) in [5, 5.41) is 48.2. The van der Waals surface area contributed by atoms with Crippen LogP contribution in [0, 0.1) is 0 Å². The van der Waals surface area contributed by atoms with Gasteiger partial charge in [0, 0.05) is 57.7 Å². The lowest BCUT2D eigenvalue weighted by Gasteiger charge is -2.13. The first-order valence-electron chi connectivity index (χ1n) is 21.7. The normalized spacial score (nSPS) is 18.8. The molecule has 0 aromatic heterocycles. The number of nitrogens with one attached hydrogen (secondary N) is 1. The quantitative estimate of drug-likeness (QED) is 0.103. The van der Waals surface area contributed by atoms with E-state index in [0.29, 0.717) is 17.8 Å². The smallest absolute Gasteiger partial charge is 0.335 e. The predicted molar refractivity (Wildman–Crippen MR) is 254 cm³/mol. The van der Waals surface area contributed by atoms with Crippen LogP contribution in [0.2, 0.25) is 20.1 Å². The summed E-state index contributed by atoms with van der Waals surface area (Å²) in [6, 6.07) is 26.8. The summed E-state index contributed by atoms with van der Waals surface area (Å²) in [4.78, 5) is 19.4. The van der Waals surface area contributed by atoms with Crippen LogP contribution in [0.25, 0.3) is 0 Å². The Balaban J connectivity index is 0.000000275. The van der Waals surface area contributed by atoms with Gasteiger partial charge in [0.25, 0.3) is 0 Å². The minimum absolute atomic E-state index is 0. The van der Waals surface area contributed by atoms with Gasteiger partial charge in [-0.1, -0.05) is 97.5 Å². The molecule has 354 valence electrons. The highest BCUT2D eigenvalue weighted by Gasteiger charge is 2.24. The highest BCUT2D eigenvalue weighted by molar-refractivity contribution is 6.31. The van der Waals surface area contributed by atoms with Crippen molar-refractivity contribution in [2.75, 3.05) is 52.4 Å². The zero-order valence-electron chi connectivity index (χ0n) is 37.0. The first kappa shape index (κ1) is 57.4. The number of aliphatic carboxylic acids is 2. The fourth-order valence-electron chi connectivity index (χ4n) is 7.44. The van der Waals surface area contributed by atoms with Crippen molar-refractivity contribution in [1.29, 1.82) is 0 Å². The number of carboxylic acid groups (broad SMARTS) is 2. The third-order valence-corrected chi connectivity index (χ3v) is 12.2. The molecule has 10 N–H and O–H groups in total. The van der Waals surface area contributed by atoms with Crippen molar-refractivity contribution >= 4 is 69.9 Å². The Hall–Kier alpha value is -2.68. The van der Waals surface area contributed by atoms with Crippen molar-refractivity contribution in [2.24, 2.45) is 0 Å². The van der Waals surface area contributed by atoms with Gasteiger partial charge in [-0.3, -0.25) is 0 Å². The summed E-state index contributed by atoms with van der Waals surface area (Å²) in [5.74, 6) is -1.98. The number of nitrogens with two attached hydrogens (primary N) is 3. The largest absolute Gasteiger partial charge is 1.00 e. The van der Waals surface area contributed by atoms with Crippen LogP contribution in [0.5, 0.6) is 0 Å². The molecule has 2 unspecified atom stereocenters. The molecule has 0 bridgehead atoms. The average Bonchev–Trinajstić information content (AvgIpc) is 3.65. The molecule has 0 spiro atoms. The number of hydrogen-bond acceptors (Lipinski definition) is 6. The van der Waals surface area contributed by atoms with Crippen molar-refractivity contribution in [1.82, 2.24) is 5.32 Å². The van der Waals surface area contributed by atoms with E-state index in [0.717, 1.165) is 59.1 Å². The molecule has 3 aliphatic heterocycles. The summed E-state index contributed by atoms with van der Waals surface area (Å²) < 4.78 is 0. The standard InChI is InChI=1S/C11H15Cl2N.3C11H14ClN.C4H6O6.ClH/c1-9(12)8-14-7-6-10-2-4-11(13)5-3-10;3*1-8-7-13-5-4-9-2-3-10(12)6-11(8)9;5-1(3(7)8)2(6)4(9)10;/h2-5,9,14H,6-8H2,1H3;3*2-3,6,8,13H,4-5,7H2,1H3;1-2,5-6H,(H,7,8)(H,9,10);1H/p+1/t;2*8-;;1-,2-;/m.00.1./s1. The number of rotatable bonds is 8. The third kappa shape index (κ3) is 20.9. The maximum atomic E-state index is 9.74. The third-order valence-electron chi connectivity index (χ3n) is 11.0. The van der Waals surface area contributed by atoms with Crippen LogP contribution in [0.3, 0.4) is 0 Å². The molecule has 10 nitrogen and oxygen atoms in total. The minimum Gasteiger partial charge on any atom is -1.00 e. The number of alkyl halides is 1. The van der Waals surface area contributed by atoms with Gasteiger partial charge in [-0.05, 0) is 113 Å². The van der Waals surface area contributed by atoms with Crippen molar-refractivity contribution in [2.45, 2.75) is 88.7 Å². The molecular formula is C48H65Cl6N4O6+. The summed E-state index contributed by atoms with van der Waals surface area (Å²) in [7, 11) is 0. The number of fused-ring (bicyclic) bond motifs is 3. The van der Waals surface area contributed by atoms with E-state index in [9.17, 15) is 14.7 Å². The van der Waals surface area contributed by atoms with Crippen LogP contribution in [-0.4, -0.2) is 97.2 Å². The molecule has 4 aromatic rings. The van der Waals surface area contributed by atoms with E-state index in [-0.39, 0.29) is 17.8 Å². The van der Waals surface area contributed by atoms with Crippen LogP contribution in [0.1, 0.15) is 84.4 Å². The van der Waals surface area contributed by atoms with Crippen LogP contribution in [0.15, 0.2) is 78.9 Å². The number of carboxylic acids is 2. The van der Waals surface area contributed by atoms with E-state index in [1.54, 1.807) is 0 Å². The topological polar surface area (TPSA) is 180 Å². The van der Waals surface area contributed by atoms with E-state index in [2.05, 4.69) is 90.6 Å². The van der Waals surface area contributed by atoms with Crippen molar-refractivity contribution in [3.05, 3.63) is 138 Å². The van der Waals surface area contributed by atoms with Gasteiger partial charge in [0.1, 0.15) is 6.10 Å². The molecule has 6 atom stereocenters. The first-order valence-corrected chi connectivity index (χ1v) is 23.6. The van der Waals surface area contributed by atoms with Gasteiger partial charge in [-0.25, -0.2) is 4.79 Å². The second kappa shape index (κ2) is 30.6. The number of hydrogen-bond donors (Lipinski definition) is 7. The lowest BCUT2D eigenvalue weighted by Crippen LogP contribution is -3.00. The highest BCUT2D eigenvalue weighted by atomic mass is 35.5. The Kier molecular flexibility index (Phi) is 27.4. The molecule has 7 rings (SSSR count). The Morgan fingerprint density at radius 2 is 1.16 bits per heavy atom. The Morgan fingerprint density at radius 1 is 0.719 bits per heavy atom. The average molecular weight is 1010 g/mol. The first-order chi connectivity index (χ1) is 30.0. The number of quaternary nitrogens is 3. The van der Waals surface area contributed by atoms with Crippen molar-refractivity contribution in [3.63, 3.8) is 0 Å². The fraction of sp³-hybridized carbons (Fsp3) is 0.458. The van der Waals surface area contributed by atoms with Gasteiger partial charge >= 0.3 is 5.97 Å². The maximum Gasteiger partial charge on any atom is 0.335 e. The molecule has 0 saturated carbocycles. The molecule has 0 radical (unpaired) electrons. The molecule has 0 saturated heterocycles. The summed E-state index contributed by atoms with van der Waals surface area (Å²) in [6.07, 6.45) is -0.159. The van der Waals surface area contributed by atoms with Crippen molar-refractivity contribution in [3.8, 4) is 0 Å². The number of carbonyl (C=O) groups excluding carboxylic acids is 1. The zero-order valence-corrected chi connectivity index (χ0v) is 41.6. The molecule has 0 amide bonds. The van der Waals surface area contributed by atoms with Crippen molar-refractivity contribution < 1.29 is 58.4 Å². The Morgan fingerprint density at radius 3 is 1.58 bits per heavy atom. The van der Waals surface area contributed by atoms with Gasteiger partial charge < -0.3 is 58.9 Å². The minimum atomic E-state index is -2.38. The zero-order chi connectivity index (χ0) is 46.5. The summed E-state index contributed by atoms with van der Waals surface area (Å²) in [5.41, 5.74) is 10.0. The molecule has 0 fully saturated rings. The maximum absolute atomic E-state index is 9.74. The van der Waals surface area contributed by atoms with Gasteiger partial charge in [-0.2, -0.15) is 0 Å². The van der Waals surface area contributed by atoms with E-state index in [1.165, 1.54) is 78.0 Å². The van der Waals surface area contributed by atoms with Crippen LogP contribution >= 0.6 is 58.0 Å². The number of halogens is 6. The monoisotopic (exact) mass is 1000 g/mol. The van der Waals surface area contributed by atoms with Gasteiger partial charge in [0.2, 0.25) is 0 Å². The lowest BCUT2D eigenvalue weighted by molar-refractivity contribution is -0.655. The second-order valence-corrected chi connectivity index (χ2v) is 18.8. The van der Waals surface area contributed by atoms with E-state index < -0.39 is 24.1 Å². The number of aliphatic hydroxyl groups excluding tert-OH is 2. The Bertz CT molecular complexity index is 1840. The second-order valence-electron chi connectivity index (χ2n) is 16.3. The molecule has 0 aliphatic carbocycles. The van der Waals surface area contributed by atoms with Crippen LogP contribution in [0.4, 0.5) is 0 Å². The van der Waals surface area contributed by atoms with Gasteiger partial charge in [-0.15, -0.1) is 11.6 Å².